The molecule has 1 heterocycles. The van der Waals surface area contributed by atoms with Crippen molar-refractivity contribution in [2.45, 2.75) is 44.3 Å². The molecule has 1 aliphatic rings. The number of allylic oxidation sites excluding steroid dienone is 2. The van der Waals surface area contributed by atoms with Crippen LogP contribution in [-0.2, 0) is 24.8 Å². The maximum Gasteiger partial charge on any atom is 0.336 e. The Morgan fingerprint density at radius 3 is 2.03 bits per heavy atom. The quantitative estimate of drug-likeness (QED) is 0.361. The van der Waals surface area contributed by atoms with Gasteiger partial charge in [0.05, 0.1) is 37.4 Å². The molecular formula is C27H30FNO5S. The van der Waals surface area contributed by atoms with E-state index in [0.29, 0.717) is 22.7 Å². The topological polar surface area (TPSA) is 73.9 Å². The van der Waals surface area contributed by atoms with Gasteiger partial charge in [0.1, 0.15) is 11.6 Å². The van der Waals surface area contributed by atoms with Gasteiger partial charge >= 0.3 is 11.9 Å². The largest absolute Gasteiger partial charge is 0.497 e. The van der Waals surface area contributed by atoms with Gasteiger partial charge in [-0.15, -0.1) is 11.8 Å². The summed E-state index contributed by atoms with van der Waals surface area (Å²) < 4.78 is 30.5. The van der Waals surface area contributed by atoms with Crippen LogP contribution in [0.2, 0.25) is 0 Å². The second-order valence-electron chi connectivity index (χ2n) is 7.90. The standard InChI is InChI=1S/C27H30FNO5S/c1-6-33-26(30)23-16(3)29-17(4)24(27(31)34-7-2)25(23)21-14-19(28)10-13-22(21)35-15-18-8-11-20(32-5)12-9-18/h8-14,25,29H,6-7,15H2,1-5H3. The minimum atomic E-state index is -0.844. The van der Waals surface area contributed by atoms with Gasteiger partial charge in [0.2, 0.25) is 0 Å². The molecule has 0 saturated heterocycles. The molecule has 186 valence electrons. The third-order valence-corrected chi connectivity index (χ3v) is 6.75. The van der Waals surface area contributed by atoms with Crippen LogP contribution in [0, 0.1) is 5.82 Å². The number of rotatable bonds is 9. The molecule has 0 fully saturated rings. The lowest BCUT2D eigenvalue weighted by Crippen LogP contribution is -2.32. The van der Waals surface area contributed by atoms with Crippen molar-refractivity contribution in [2.24, 2.45) is 0 Å². The van der Waals surface area contributed by atoms with E-state index in [1.807, 2.05) is 24.3 Å². The molecule has 1 N–H and O–H groups in total. The van der Waals surface area contributed by atoms with Crippen LogP contribution in [0.1, 0.15) is 44.7 Å². The Morgan fingerprint density at radius 1 is 0.943 bits per heavy atom. The number of esters is 2. The van der Waals surface area contributed by atoms with E-state index >= 15 is 0 Å². The second kappa shape index (κ2) is 11.9. The van der Waals surface area contributed by atoms with Gasteiger partial charge in [0.25, 0.3) is 0 Å². The number of halogens is 1. The highest BCUT2D eigenvalue weighted by molar-refractivity contribution is 7.98. The first-order chi connectivity index (χ1) is 16.8. The minimum Gasteiger partial charge on any atom is -0.497 e. The zero-order valence-corrected chi connectivity index (χ0v) is 21.4. The van der Waals surface area contributed by atoms with Crippen molar-refractivity contribution in [3.63, 3.8) is 0 Å². The molecule has 0 radical (unpaired) electrons. The van der Waals surface area contributed by atoms with Gasteiger partial charge < -0.3 is 19.5 Å². The summed E-state index contributed by atoms with van der Waals surface area (Å²) in [5.41, 5.74) is 3.18. The van der Waals surface area contributed by atoms with Crippen LogP contribution < -0.4 is 10.1 Å². The number of nitrogens with one attached hydrogen (secondary N) is 1. The monoisotopic (exact) mass is 499 g/mol. The van der Waals surface area contributed by atoms with Gasteiger partial charge in [-0.1, -0.05) is 12.1 Å². The summed E-state index contributed by atoms with van der Waals surface area (Å²) in [4.78, 5) is 26.9. The van der Waals surface area contributed by atoms with Gasteiger partial charge in [0, 0.05) is 22.0 Å². The average molecular weight is 500 g/mol. The molecule has 0 atom stereocenters. The normalized spacial score (nSPS) is 14.0. The molecule has 0 aromatic heterocycles. The van der Waals surface area contributed by atoms with Gasteiger partial charge in [-0.25, -0.2) is 14.0 Å². The van der Waals surface area contributed by atoms with E-state index in [0.717, 1.165) is 16.2 Å². The molecule has 35 heavy (non-hydrogen) atoms. The van der Waals surface area contributed by atoms with Crippen LogP contribution in [0.4, 0.5) is 4.39 Å². The highest BCUT2D eigenvalue weighted by Crippen LogP contribution is 2.43. The molecule has 6 nitrogen and oxygen atoms in total. The zero-order valence-electron chi connectivity index (χ0n) is 20.6. The lowest BCUT2D eigenvalue weighted by atomic mass is 9.80. The van der Waals surface area contributed by atoms with Gasteiger partial charge in [-0.2, -0.15) is 0 Å². The fourth-order valence-corrected chi connectivity index (χ4v) is 5.05. The fraction of sp³-hybridized carbons (Fsp3) is 0.333. The van der Waals surface area contributed by atoms with Crippen LogP contribution in [0.3, 0.4) is 0 Å². The van der Waals surface area contributed by atoms with Crippen molar-refractivity contribution >= 4 is 23.7 Å². The van der Waals surface area contributed by atoms with Crippen molar-refractivity contribution in [2.75, 3.05) is 20.3 Å². The van der Waals surface area contributed by atoms with Crippen LogP contribution in [0.5, 0.6) is 5.75 Å². The second-order valence-corrected chi connectivity index (χ2v) is 8.91. The molecule has 8 heteroatoms. The predicted molar refractivity (Wildman–Crippen MR) is 133 cm³/mol. The highest BCUT2D eigenvalue weighted by Gasteiger charge is 2.39. The molecular weight excluding hydrogens is 469 g/mol. The van der Waals surface area contributed by atoms with E-state index in [4.69, 9.17) is 14.2 Å². The minimum absolute atomic E-state index is 0.169. The summed E-state index contributed by atoms with van der Waals surface area (Å²) in [6.07, 6.45) is 0. The van der Waals surface area contributed by atoms with Gasteiger partial charge in [-0.3, -0.25) is 0 Å². The number of methoxy groups -OCH3 is 1. The van der Waals surface area contributed by atoms with Crippen LogP contribution in [-0.4, -0.2) is 32.3 Å². The Morgan fingerprint density at radius 2 is 1.51 bits per heavy atom. The summed E-state index contributed by atoms with van der Waals surface area (Å²) in [6.45, 7) is 7.25. The number of ether oxygens (including phenoxy) is 3. The first-order valence-electron chi connectivity index (χ1n) is 11.4. The summed E-state index contributed by atoms with van der Waals surface area (Å²) in [5, 5.41) is 3.11. The number of dihydropyridines is 1. The number of benzene rings is 2. The first kappa shape index (κ1) is 26.3. The molecule has 0 aliphatic carbocycles. The molecule has 0 bridgehead atoms. The van der Waals surface area contributed by atoms with E-state index < -0.39 is 23.7 Å². The third-order valence-electron chi connectivity index (χ3n) is 5.59. The summed E-state index contributed by atoms with van der Waals surface area (Å²) in [6, 6.07) is 12.1. The third kappa shape index (κ3) is 6.06. The highest BCUT2D eigenvalue weighted by atomic mass is 32.2. The first-order valence-corrected chi connectivity index (χ1v) is 12.4. The zero-order chi connectivity index (χ0) is 25.5. The molecule has 0 amide bonds. The van der Waals surface area contributed by atoms with Crippen molar-refractivity contribution in [1.29, 1.82) is 0 Å². The molecule has 1 aliphatic heterocycles. The molecule has 0 unspecified atom stereocenters. The van der Waals surface area contributed by atoms with E-state index in [1.54, 1.807) is 40.9 Å². The maximum atomic E-state index is 14.6. The lowest BCUT2D eigenvalue weighted by Gasteiger charge is -2.31. The van der Waals surface area contributed by atoms with Crippen LogP contribution >= 0.6 is 11.8 Å². The van der Waals surface area contributed by atoms with E-state index in [9.17, 15) is 14.0 Å². The van der Waals surface area contributed by atoms with E-state index in [-0.39, 0.29) is 24.4 Å². The number of thioether (sulfide) groups is 1. The fourth-order valence-electron chi connectivity index (χ4n) is 4.02. The van der Waals surface area contributed by atoms with Crippen molar-refractivity contribution < 1.29 is 28.2 Å². The lowest BCUT2D eigenvalue weighted by molar-refractivity contribution is -0.139. The average Bonchev–Trinajstić information content (AvgIpc) is 2.83. The van der Waals surface area contributed by atoms with Crippen LogP contribution in [0.15, 0.2) is 69.9 Å². The molecule has 2 aromatic rings. The predicted octanol–water partition coefficient (Wildman–Crippen LogP) is 5.49. The molecule has 3 rings (SSSR count). The number of carbonyl (C=O) groups is 2. The number of carbonyl (C=O) groups excluding carboxylic acids is 2. The van der Waals surface area contributed by atoms with E-state index in [2.05, 4.69) is 5.32 Å². The summed E-state index contributed by atoms with van der Waals surface area (Å²) in [5.74, 6) is -1.07. The smallest absolute Gasteiger partial charge is 0.336 e. The van der Waals surface area contributed by atoms with Gasteiger partial charge in [-0.05, 0) is 69.2 Å². The number of hydrogen-bond donors (Lipinski definition) is 1. The maximum absolute atomic E-state index is 14.6. The van der Waals surface area contributed by atoms with Gasteiger partial charge in [0.15, 0.2) is 0 Å². The van der Waals surface area contributed by atoms with Crippen molar-refractivity contribution in [3.8, 4) is 5.75 Å². The molecule has 0 saturated carbocycles. The summed E-state index contributed by atoms with van der Waals surface area (Å²) >= 11 is 1.50. The van der Waals surface area contributed by atoms with Crippen molar-refractivity contribution in [1.82, 2.24) is 5.32 Å². The Kier molecular flexibility index (Phi) is 8.98. The Bertz CT molecular complexity index is 1120. The van der Waals surface area contributed by atoms with Crippen LogP contribution in [0.25, 0.3) is 0 Å². The van der Waals surface area contributed by atoms with Crippen molar-refractivity contribution in [3.05, 3.63) is 81.9 Å². The molecule has 2 aromatic carbocycles. The molecule has 0 spiro atoms. The summed E-state index contributed by atoms with van der Waals surface area (Å²) in [7, 11) is 1.61. The SMILES string of the molecule is CCOC(=O)C1=C(C)NC(C)=C(C(=O)OCC)C1c1cc(F)ccc1SCc1ccc(OC)cc1. The number of hydrogen-bond acceptors (Lipinski definition) is 7. The Balaban J connectivity index is 2.10. The Labute approximate surface area is 209 Å². The van der Waals surface area contributed by atoms with E-state index in [1.165, 1.54) is 23.9 Å². The Hall–Kier alpha value is -3.26.